The molecule has 1 atom stereocenters. The normalized spacial score (nSPS) is 14.6. The van der Waals surface area contributed by atoms with E-state index >= 15 is 0 Å². The number of aromatic nitrogens is 1. The second-order valence-electron chi connectivity index (χ2n) is 8.73. The molecule has 1 aromatic heterocycles. The molecule has 1 unspecified atom stereocenters. The Morgan fingerprint density at radius 1 is 1.00 bits per heavy atom. The summed E-state index contributed by atoms with van der Waals surface area (Å²) in [4.78, 5) is 24.5. The Hall–Kier alpha value is -3.41. The van der Waals surface area contributed by atoms with Crippen molar-refractivity contribution in [2.45, 2.75) is 50.6 Å². The number of halogens is 6. The maximum absolute atomic E-state index is 14.0. The molecule has 3 aromatic rings. The van der Waals surface area contributed by atoms with Gasteiger partial charge in [0, 0.05) is 17.5 Å². The molecule has 1 amide bonds. The fraction of sp³-hybridized carbons (Fsp3) is 0.348. The number of nitrogens with one attached hydrogen (secondary N) is 1. The van der Waals surface area contributed by atoms with Gasteiger partial charge in [-0.05, 0) is 42.2 Å². The molecule has 3 rings (SSSR count). The lowest BCUT2D eigenvalue weighted by Gasteiger charge is -2.37. The Bertz CT molecular complexity index is 1330. The summed E-state index contributed by atoms with van der Waals surface area (Å²) in [5.74, 6) is -1.89. The van der Waals surface area contributed by atoms with Crippen LogP contribution in [0.1, 0.15) is 37.1 Å². The van der Waals surface area contributed by atoms with E-state index in [1.165, 1.54) is 25.1 Å². The fourth-order valence-corrected chi connectivity index (χ4v) is 3.91. The molecule has 0 radical (unpaired) electrons. The van der Waals surface area contributed by atoms with E-state index < -0.39 is 52.4 Å². The summed E-state index contributed by atoms with van der Waals surface area (Å²) >= 11 is 0. The SMILES string of the molecule is Cc1noc(=O)c2ccc(NC(=O)C(O)(CC(C)(C)c3ccccc3C(F)(F)F)C(F)(F)F)cc12. The van der Waals surface area contributed by atoms with Crippen LogP contribution in [0, 0.1) is 6.92 Å². The minimum atomic E-state index is -5.53. The van der Waals surface area contributed by atoms with Crippen molar-refractivity contribution in [1.29, 1.82) is 0 Å². The van der Waals surface area contributed by atoms with Gasteiger partial charge >= 0.3 is 18.0 Å². The van der Waals surface area contributed by atoms with Crippen molar-refractivity contribution in [2.75, 3.05) is 5.32 Å². The van der Waals surface area contributed by atoms with Gasteiger partial charge < -0.3 is 14.9 Å². The van der Waals surface area contributed by atoms with E-state index in [9.17, 15) is 41.0 Å². The summed E-state index contributed by atoms with van der Waals surface area (Å²) in [7, 11) is 0. The molecule has 2 aromatic carbocycles. The number of carbonyl (C=O) groups is 1. The second-order valence-corrected chi connectivity index (χ2v) is 8.73. The largest absolute Gasteiger partial charge is 0.426 e. The standard InChI is InChI=1S/C23H20F6N2O4/c1-12-15-10-13(8-9-14(15)18(32)35-31-12)30-19(33)21(34,23(27,28)29)11-20(2,3)16-6-4-5-7-17(16)22(24,25)26/h4-10,34H,11H2,1-3H3,(H,30,33). The third-order valence-corrected chi connectivity index (χ3v) is 5.66. The first kappa shape index (κ1) is 26.2. The van der Waals surface area contributed by atoms with Gasteiger partial charge in [0.2, 0.25) is 5.60 Å². The maximum Gasteiger partial charge on any atom is 0.426 e. The highest BCUT2D eigenvalue weighted by Crippen LogP contribution is 2.45. The zero-order chi connectivity index (χ0) is 26.4. The Morgan fingerprint density at radius 3 is 2.17 bits per heavy atom. The highest BCUT2D eigenvalue weighted by Gasteiger charge is 2.61. The molecule has 0 saturated carbocycles. The Kier molecular flexibility index (Phi) is 6.49. The average Bonchev–Trinajstić information content (AvgIpc) is 2.74. The summed E-state index contributed by atoms with van der Waals surface area (Å²) in [6.45, 7) is 3.61. The zero-order valence-corrected chi connectivity index (χ0v) is 18.6. The second kappa shape index (κ2) is 8.67. The minimum Gasteiger partial charge on any atom is -0.373 e. The predicted octanol–water partition coefficient (Wildman–Crippen LogP) is 5.12. The lowest BCUT2D eigenvalue weighted by atomic mass is 9.73. The number of carbonyl (C=O) groups excluding carboxylic acids is 1. The van der Waals surface area contributed by atoms with Crippen molar-refractivity contribution >= 4 is 22.4 Å². The molecule has 1 heterocycles. The summed E-state index contributed by atoms with van der Waals surface area (Å²) < 4.78 is 87.0. The predicted molar refractivity (Wildman–Crippen MR) is 114 cm³/mol. The van der Waals surface area contributed by atoms with Gasteiger partial charge in [0.05, 0.1) is 16.6 Å². The van der Waals surface area contributed by atoms with Crippen molar-refractivity contribution in [1.82, 2.24) is 5.16 Å². The van der Waals surface area contributed by atoms with E-state index in [1.807, 2.05) is 5.32 Å². The van der Waals surface area contributed by atoms with E-state index in [4.69, 9.17) is 0 Å². The first-order valence-corrected chi connectivity index (χ1v) is 10.1. The lowest BCUT2D eigenvalue weighted by Crippen LogP contribution is -2.57. The van der Waals surface area contributed by atoms with Gasteiger partial charge in [-0.15, -0.1) is 0 Å². The van der Waals surface area contributed by atoms with Crippen molar-refractivity contribution in [2.24, 2.45) is 0 Å². The number of aryl methyl sites for hydroxylation is 1. The molecule has 0 bridgehead atoms. The molecule has 0 aliphatic rings. The summed E-state index contributed by atoms with van der Waals surface area (Å²) in [6.07, 6.45) is -11.8. The molecule has 0 aliphatic heterocycles. The van der Waals surface area contributed by atoms with E-state index in [-0.39, 0.29) is 22.2 Å². The number of nitrogens with zero attached hydrogens (tertiary/aromatic N) is 1. The Labute approximate surface area is 194 Å². The van der Waals surface area contributed by atoms with Gasteiger partial charge in [-0.3, -0.25) is 4.79 Å². The number of benzene rings is 2. The molecular formula is C23H20F6N2O4. The molecule has 2 N–H and O–H groups in total. The van der Waals surface area contributed by atoms with E-state index in [2.05, 4.69) is 9.68 Å². The van der Waals surface area contributed by atoms with E-state index in [1.54, 1.807) is 0 Å². The highest BCUT2D eigenvalue weighted by atomic mass is 19.4. The van der Waals surface area contributed by atoms with Crippen molar-refractivity contribution in [3.05, 3.63) is 69.7 Å². The van der Waals surface area contributed by atoms with Crippen molar-refractivity contribution in [3.8, 4) is 0 Å². The van der Waals surface area contributed by atoms with Crippen LogP contribution in [0.2, 0.25) is 0 Å². The van der Waals surface area contributed by atoms with Gasteiger partial charge in [-0.2, -0.15) is 26.3 Å². The summed E-state index contributed by atoms with van der Waals surface area (Å²) in [5.41, 5.74) is -8.46. The number of rotatable bonds is 5. The van der Waals surface area contributed by atoms with Crippen LogP contribution in [-0.2, 0) is 16.4 Å². The quantitative estimate of drug-likeness (QED) is 0.473. The molecule has 0 saturated heterocycles. The topological polar surface area (TPSA) is 92.4 Å². The van der Waals surface area contributed by atoms with Crippen LogP contribution in [0.3, 0.4) is 0 Å². The number of anilines is 1. The van der Waals surface area contributed by atoms with Gasteiger partial charge in [-0.25, -0.2) is 4.79 Å². The highest BCUT2D eigenvalue weighted by molar-refractivity contribution is 5.99. The molecule has 0 aliphatic carbocycles. The van der Waals surface area contributed by atoms with Gasteiger partial charge in [0.25, 0.3) is 5.91 Å². The zero-order valence-electron chi connectivity index (χ0n) is 18.6. The van der Waals surface area contributed by atoms with Gasteiger partial charge in [0.15, 0.2) is 0 Å². The monoisotopic (exact) mass is 502 g/mol. The molecule has 35 heavy (non-hydrogen) atoms. The number of alkyl halides is 6. The summed E-state index contributed by atoms with van der Waals surface area (Å²) in [5, 5.41) is 16.3. The molecular weight excluding hydrogens is 482 g/mol. The van der Waals surface area contributed by atoms with E-state index in [0.29, 0.717) is 6.07 Å². The van der Waals surface area contributed by atoms with Crippen LogP contribution >= 0.6 is 0 Å². The Balaban J connectivity index is 2.01. The van der Waals surface area contributed by atoms with Crippen LogP contribution in [-0.4, -0.2) is 27.9 Å². The van der Waals surface area contributed by atoms with Gasteiger partial charge in [-0.1, -0.05) is 37.2 Å². The van der Waals surface area contributed by atoms with Crippen LogP contribution in [0.5, 0.6) is 0 Å². The number of aliphatic hydroxyl groups is 1. The number of fused-ring (bicyclic) bond motifs is 1. The molecule has 0 spiro atoms. The minimum absolute atomic E-state index is 0.0615. The molecule has 12 heteroatoms. The lowest BCUT2D eigenvalue weighted by molar-refractivity contribution is -0.254. The third kappa shape index (κ3) is 5.02. The Morgan fingerprint density at radius 2 is 1.60 bits per heavy atom. The number of hydrogen-bond donors (Lipinski definition) is 2. The number of amides is 1. The van der Waals surface area contributed by atoms with Crippen LogP contribution in [0.15, 0.2) is 51.8 Å². The first-order valence-electron chi connectivity index (χ1n) is 10.1. The first-order chi connectivity index (χ1) is 16.0. The van der Waals surface area contributed by atoms with Crippen LogP contribution in [0.4, 0.5) is 32.0 Å². The van der Waals surface area contributed by atoms with Crippen LogP contribution in [0.25, 0.3) is 10.8 Å². The van der Waals surface area contributed by atoms with Crippen LogP contribution < -0.4 is 10.9 Å². The smallest absolute Gasteiger partial charge is 0.373 e. The van der Waals surface area contributed by atoms with Crippen molar-refractivity contribution < 1.29 is 40.8 Å². The van der Waals surface area contributed by atoms with Crippen molar-refractivity contribution in [3.63, 3.8) is 0 Å². The average molecular weight is 502 g/mol. The molecule has 6 nitrogen and oxygen atoms in total. The summed E-state index contributed by atoms with van der Waals surface area (Å²) in [6, 6.07) is 7.52. The molecule has 188 valence electrons. The maximum atomic E-state index is 14.0. The molecule has 0 fully saturated rings. The van der Waals surface area contributed by atoms with Gasteiger partial charge in [0.1, 0.15) is 0 Å². The number of hydrogen-bond acceptors (Lipinski definition) is 5. The fourth-order valence-electron chi connectivity index (χ4n) is 3.91. The third-order valence-electron chi connectivity index (χ3n) is 5.66. The van der Waals surface area contributed by atoms with E-state index in [0.717, 1.165) is 32.0 Å².